The van der Waals surface area contributed by atoms with Crippen LogP contribution in [0, 0.1) is 13.8 Å². The van der Waals surface area contributed by atoms with Gasteiger partial charge in [0.2, 0.25) is 0 Å². The second kappa shape index (κ2) is 9.43. The Labute approximate surface area is 160 Å². The molecule has 0 amide bonds. The van der Waals surface area contributed by atoms with E-state index in [1.807, 2.05) is 74.8 Å². The van der Waals surface area contributed by atoms with Gasteiger partial charge in [-0.05, 0) is 68.5 Å². The SMILES string of the molecule is CCN(C)/C=N\c1cc(C)c(C(=O)COc2cccc(SC)c2)cc1C. The zero-order valence-electron chi connectivity index (χ0n) is 16.1. The lowest BCUT2D eigenvalue weighted by molar-refractivity contribution is 0.0920. The van der Waals surface area contributed by atoms with Crippen molar-refractivity contribution in [2.45, 2.75) is 25.7 Å². The van der Waals surface area contributed by atoms with Crippen molar-refractivity contribution < 1.29 is 9.53 Å². The molecule has 0 atom stereocenters. The normalized spacial score (nSPS) is 11.0. The molecule has 0 saturated heterocycles. The Morgan fingerprint density at radius 2 is 2.00 bits per heavy atom. The molecule has 0 aliphatic carbocycles. The van der Waals surface area contributed by atoms with Crippen LogP contribution in [0.3, 0.4) is 0 Å². The van der Waals surface area contributed by atoms with E-state index in [-0.39, 0.29) is 12.4 Å². The largest absolute Gasteiger partial charge is 0.485 e. The van der Waals surface area contributed by atoms with E-state index >= 15 is 0 Å². The number of Topliss-reactive ketones (excluding diaryl/α,β-unsaturated/α-hetero) is 1. The van der Waals surface area contributed by atoms with Crippen molar-refractivity contribution in [3.8, 4) is 5.75 Å². The number of thioether (sulfide) groups is 1. The van der Waals surface area contributed by atoms with Gasteiger partial charge >= 0.3 is 0 Å². The lowest BCUT2D eigenvalue weighted by Crippen LogP contribution is -2.14. The van der Waals surface area contributed by atoms with E-state index in [0.29, 0.717) is 11.3 Å². The summed E-state index contributed by atoms with van der Waals surface area (Å²) in [6.07, 6.45) is 3.82. The third-order valence-corrected chi connectivity index (χ3v) is 4.87. The Morgan fingerprint density at radius 3 is 2.69 bits per heavy atom. The van der Waals surface area contributed by atoms with E-state index < -0.39 is 0 Å². The zero-order valence-corrected chi connectivity index (χ0v) is 16.9. The molecule has 0 fully saturated rings. The highest BCUT2D eigenvalue weighted by molar-refractivity contribution is 7.98. The lowest BCUT2D eigenvalue weighted by atomic mass is 10.0. The highest BCUT2D eigenvalue weighted by Crippen LogP contribution is 2.24. The lowest BCUT2D eigenvalue weighted by Gasteiger charge is -2.12. The maximum absolute atomic E-state index is 12.6. The van der Waals surface area contributed by atoms with Gasteiger partial charge in [0.15, 0.2) is 12.4 Å². The predicted molar refractivity (Wildman–Crippen MR) is 110 cm³/mol. The fraction of sp³-hybridized carbons (Fsp3) is 0.333. The fourth-order valence-corrected chi connectivity index (χ4v) is 2.85. The highest BCUT2D eigenvalue weighted by Gasteiger charge is 2.13. The van der Waals surface area contributed by atoms with Crippen LogP contribution in [-0.4, -0.2) is 43.5 Å². The molecule has 0 spiro atoms. The summed E-state index contributed by atoms with van der Waals surface area (Å²) >= 11 is 1.65. The van der Waals surface area contributed by atoms with Crippen LogP contribution in [0.2, 0.25) is 0 Å². The summed E-state index contributed by atoms with van der Waals surface area (Å²) in [4.78, 5) is 20.2. The van der Waals surface area contributed by atoms with Gasteiger partial charge in [0.1, 0.15) is 5.75 Å². The number of benzene rings is 2. The minimum atomic E-state index is -0.0265. The molecule has 2 rings (SSSR count). The molecule has 0 bridgehead atoms. The number of aryl methyl sites for hydroxylation is 2. The van der Waals surface area contributed by atoms with E-state index in [1.165, 1.54) is 0 Å². The van der Waals surface area contributed by atoms with Gasteiger partial charge in [0, 0.05) is 24.1 Å². The first-order chi connectivity index (χ1) is 12.4. The minimum Gasteiger partial charge on any atom is -0.485 e. The van der Waals surface area contributed by atoms with Gasteiger partial charge in [0.25, 0.3) is 0 Å². The minimum absolute atomic E-state index is 0.0265. The van der Waals surface area contributed by atoms with Crippen LogP contribution in [-0.2, 0) is 0 Å². The molecular formula is C21H26N2O2S. The smallest absolute Gasteiger partial charge is 0.200 e. The average Bonchev–Trinajstić information content (AvgIpc) is 2.66. The standard InChI is InChI=1S/C21H26N2O2S/c1-6-23(4)14-22-20-11-15(2)19(10-16(20)3)21(24)13-25-17-8-7-9-18(12-17)26-5/h7-12,14H,6,13H2,1-5H3/b22-14-. The van der Waals surface area contributed by atoms with Gasteiger partial charge in [-0.25, -0.2) is 4.99 Å². The molecule has 4 nitrogen and oxygen atoms in total. The van der Waals surface area contributed by atoms with Gasteiger partial charge in [-0.3, -0.25) is 4.79 Å². The number of rotatable bonds is 8. The van der Waals surface area contributed by atoms with Crippen molar-refractivity contribution in [1.29, 1.82) is 0 Å². The molecule has 2 aromatic rings. The number of ether oxygens (including phenoxy) is 1. The van der Waals surface area contributed by atoms with Crippen LogP contribution in [0.15, 0.2) is 46.3 Å². The number of hydrogen-bond acceptors (Lipinski definition) is 4. The van der Waals surface area contributed by atoms with Crippen molar-refractivity contribution in [3.05, 3.63) is 53.1 Å². The molecule has 0 radical (unpaired) electrons. The Bertz CT molecular complexity index is 803. The first kappa shape index (κ1) is 20.0. The van der Waals surface area contributed by atoms with Crippen LogP contribution in [0.1, 0.15) is 28.4 Å². The van der Waals surface area contributed by atoms with E-state index in [9.17, 15) is 4.79 Å². The van der Waals surface area contributed by atoms with Crippen molar-refractivity contribution >= 4 is 29.6 Å². The maximum atomic E-state index is 12.6. The summed E-state index contributed by atoms with van der Waals surface area (Å²) in [5, 5.41) is 0. The van der Waals surface area contributed by atoms with Gasteiger partial charge in [-0.1, -0.05) is 6.07 Å². The van der Waals surface area contributed by atoms with Gasteiger partial charge in [-0.15, -0.1) is 11.8 Å². The molecule has 0 aliphatic heterocycles. The van der Waals surface area contributed by atoms with E-state index in [1.54, 1.807) is 11.8 Å². The average molecular weight is 371 g/mol. The Balaban J connectivity index is 2.11. The van der Waals surface area contributed by atoms with Crippen molar-refractivity contribution in [2.75, 3.05) is 26.5 Å². The number of nitrogens with zero attached hydrogens (tertiary/aromatic N) is 2. The van der Waals surface area contributed by atoms with Crippen molar-refractivity contribution in [2.24, 2.45) is 4.99 Å². The van der Waals surface area contributed by atoms with Crippen LogP contribution in [0.4, 0.5) is 5.69 Å². The summed E-state index contributed by atoms with van der Waals surface area (Å²) in [5.41, 5.74) is 3.46. The quantitative estimate of drug-likeness (QED) is 0.287. The van der Waals surface area contributed by atoms with Crippen LogP contribution in [0.5, 0.6) is 5.75 Å². The topological polar surface area (TPSA) is 41.9 Å². The Morgan fingerprint density at radius 1 is 1.23 bits per heavy atom. The molecule has 0 aromatic heterocycles. The van der Waals surface area contributed by atoms with Gasteiger partial charge in [0.05, 0.1) is 12.0 Å². The van der Waals surface area contributed by atoms with E-state index in [2.05, 4.69) is 11.9 Å². The van der Waals surface area contributed by atoms with Crippen LogP contribution in [0.25, 0.3) is 0 Å². The maximum Gasteiger partial charge on any atom is 0.200 e. The van der Waals surface area contributed by atoms with E-state index in [4.69, 9.17) is 4.74 Å². The monoisotopic (exact) mass is 370 g/mol. The number of aliphatic imine (C=N–C) groups is 1. The number of hydrogen-bond donors (Lipinski definition) is 0. The van der Waals surface area contributed by atoms with Crippen molar-refractivity contribution in [3.63, 3.8) is 0 Å². The molecule has 0 N–H and O–H groups in total. The predicted octanol–water partition coefficient (Wildman–Crippen LogP) is 4.90. The molecule has 2 aromatic carbocycles. The summed E-state index contributed by atoms with van der Waals surface area (Å²) in [6.45, 7) is 6.90. The molecule has 0 saturated carbocycles. The molecule has 5 heteroatoms. The van der Waals surface area contributed by atoms with E-state index in [0.717, 1.165) is 28.3 Å². The zero-order chi connectivity index (χ0) is 19.1. The summed E-state index contributed by atoms with van der Waals surface area (Å²) in [7, 11) is 1.98. The first-order valence-corrected chi connectivity index (χ1v) is 9.82. The molecule has 0 aliphatic rings. The summed E-state index contributed by atoms with van der Waals surface area (Å²) < 4.78 is 5.68. The fourth-order valence-electron chi connectivity index (χ4n) is 2.40. The molecule has 138 valence electrons. The molecule has 26 heavy (non-hydrogen) atoms. The van der Waals surface area contributed by atoms with Crippen LogP contribution < -0.4 is 4.74 Å². The Hall–Kier alpha value is -2.27. The highest BCUT2D eigenvalue weighted by atomic mass is 32.2. The molecule has 0 unspecified atom stereocenters. The first-order valence-electron chi connectivity index (χ1n) is 8.60. The second-order valence-corrected chi connectivity index (χ2v) is 7.04. The van der Waals surface area contributed by atoms with Crippen molar-refractivity contribution in [1.82, 2.24) is 4.90 Å². The van der Waals surface area contributed by atoms with Gasteiger partial charge in [-0.2, -0.15) is 0 Å². The third-order valence-electron chi connectivity index (χ3n) is 4.15. The van der Waals surface area contributed by atoms with Gasteiger partial charge < -0.3 is 9.64 Å². The number of carbonyl (C=O) groups is 1. The van der Waals surface area contributed by atoms with Crippen LogP contribution >= 0.6 is 11.8 Å². The number of ketones is 1. The third kappa shape index (κ3) is 5.36. The number of carbonyl (C=O) groups excluding carboxylic acids is 1. The molecular weight excluding hydrogens is 344 g/mol. The second-order valence-electron chi connectivity index (χ2n) is 6.16. The Kier molecular flexibility index (Phi) is 7.27. The molecule has 0 heterocycles. The summed E-state index contributed by atoms with van der Waals surface area (Å²) in [5.74, 6) is 0.685. The summed E-state index contributed by atoms with van der Waals surface area (Å²) in [6, 6.07) is 11.6.